The number of carbonyl (C=O) groups is 5. The van der Waals surface area contributed by atoms with E-state index in [0.717, 1.165) is 0 Å². The third-order valence-electron chi connectivity index (χ3n) is 5.28. The minimum absolute atomic E-state index is 0.00279. The van der Waals surface area contributed by atoms with Crippen LogP contribution in [0.15, 0.2) is 12.5 Å². The molecule has 0 saturated heterocycles. The molecule has 0 fully saturated rings. The largest absolute Gasteiger partial charge is 0.481 e. The molecule has 4 unspecified atom stereocenters. The number of hydrogen-bond donors (Lipinski definition) is 7. The Morgan fingerprint density at radius 2 is 1.42 bits per heavy atom. The molecule has 0 spiro atoms. The first kappa shape index (κ1) is 30.6. The van der Waals surface area contributed by atoms with Crippen molar-refractivity contribution in [3.8, 4) is 0 Å². The Morgan fingerprint density at radius 3 is 1.92 bits per heavy atom. The molecule has 1 aromatic heterocycles. The number of carbonyl (C=O) groups excluding carboxylic acids is 3. The number of carboxylic acids is 2. The van der Waals surface area contributed by atoms with Gasteiger partial charge < -0.3 is 36.9 Å². The van der Waals surface area contributed by atoms with Gasteiger partial charge in [-0.3, -0.25) is 19.2 Å². The number of rotatable bonds is 16. The first-order valence-electron chi connectivity index (χ1n) is 11.9. The fourth-order valence-corrected chi connectivity index (χ4v) is 3.45. The number of carboxylic acid groups (broad SMARTS) is 2. The molecular formula is C23H38N6O7. The zero-order chi connectivity index (χ0) is 27.4. The Bertz CT molecular complexity index is 888. The molecule has 0 aliphatic heterocycles. The molecule has 1 aromatic rings. The SMILES string of the molecule is CC(C)CC(NC(=O)C(Cc1cnc[nH]1)NC(=O)C(CC(C)C)NC(=O)C(N)CCC(=O)O)C(=O)O. The molecule has 0 aromatic carbocycles. The number of nitrogens with zero attached hydrogens (tertiary/aromatic N) is 1. The van der Waals surface area contributed by atoms with Gasteiger partial charge in [0, 0.05) is 24.7 Å². The zero-order valence-electron chi connectivity index (χ0n) is 21.1. The number of aromatic nitrogens is 2. The molecule has 4 atom stereocenters. The van der Waals surface area contributed by atoms with Crippen molar-refractivity contribution in [3.05, 3.63) is 18.2 Å². The first-order valence-corrected chi connectivity index (χ1v) is 11.9. The highest BCUT2D eigenvalue weighted by Crippen LogP contribution is 2.09. The zero-order valence-corrected chi connectivity index (χ0v) is 21.1. The van der Waals surface area contributed by atoms with Crippen molar-refractivity contribution in [2.45, 2.75) is 84.0 Å². The highest BCUT2D eigenvalue weighted by Gasteiger charge is 2.31. The molecule has 0 bridgehead atoms. The molecule has 1 rings (SSSR count). The lowest BCUT2D eigenvalue weighted by atomic mass is 10.0. The standard InChI is InChI=1S/C23H38N6O7/c1-12(2)7-16(27-20(32)15(24)5-6-19(30)31)21(33)28-17(9-14-10-25-11-26-14)22(34)29-18(23(35)36)8-13(3)4/h10-13,15-18H,5-9,24H2,1-4H3,(H,25,26)(H,27,32)(H,28,33)(H,29,34)(H,30,31)(H,35,36). The van der Waals surface area contributed by atoms with E-state index >= 15 is 0 Å². The number of imidazole rings is 1. The smallest absolute Gasteiger partial charge is 0.326 e. The molecule has 0 aliphatic carbocycles. The van der Waals surface area contributed by atoms with Gasteiger partial charge in [0.2, 0.25) is 17.7 Å². The molecule has 202 valence electrons. The van der Waals surface area contributed by atoms with Crippen LogP contribution in [0.3, 0.4) is 0 Å². The van der Waals surface area contributed by atoms with Crippen molar-refractivity contribution < 1.29 is 34.2 Å². The van der Waals surface area contributed by atoms with E-state index in [4.69, 9.17) is 10.8 Å². The summed E-state index contributed by atoms with van der Waals surface area (Å²) in [5.74, 6) is -4.34. The van der Waals surface area contributed by atoms with E-state index in [-0.39, 0.29) is 43.9 Å². The summed E-state index contributed by atoms with van der Waals surface area (Å²) < 4.78 is 0. The van der Waals surface area contributed by atoms with E-state index in [2.05, 4.69) is 25.9 Å². The van der Waals surface area contributed by atoms with Crippen molar-refractivity contribution in [3.63, 3.8) is 0 Å². The Labute approximate surface area is 210 Å². The third-order valence-corrected chi connectivity index (χ3v) is 5.28. The van der Waals surface area contributed by atoms with Crippen LogP contribution in [0.5, 0.6) is 0 Å². The second-order valence-electron chi connectivity index (χ2n) is 9.60. The Morgan fingerprint density at radius 1 is 0.889 bits per heavy atom. The van der Waals surface area contributed by atoms with E-state index in [1.165, 1.54) is 12.5 Å². The Hall–Kier alpha value is -3.48. The molecular weight excluding hydrogens is 472 g/mol. The van der Waals surface area contributed by atoms with Gasteiger partial charge in [-0.25, -0.2) is 9.78 Å². The quantitative estimate of drug-likeness (QED) is 0.156. The number of H-pyrrole nitrogens is 1. The van der Waals surface area contributed by atoms with Gasteiger partial charge in [0.15, 0.2) is 0 Å². The predicted octanol–water partition coefficient (Wildman–Crippen LogP) is -0.224. The van der Waals surface area contributed by atoms with Crippen LogP contribution in [-0.2, 0) is 30.4 Å². The number of aromatic amines is 1. The summed E-state index contributed by atoms with van der Waals surface area (Å²) in [6.45, 7) is 7.34. The molecule has 0 saturated carbocycles. The van der Waals surface area contributed by atoms with Gasteiger partial charge in [-0.05, 0) is 31.1 Å². The summed E-state index contributed by atoms with van der Waals surface area (Å²) in [6.07, 6.45) is 2.91. The molecule has 0 aliphatic rings. The topological polar surface area (TPSA) is 217 Å². The van der Waals surface area contributed by atoms with Crippen LogP contribution < -0.4 is 21.7 Å². The van der Waals surface area contributed by atoms with Crippen LogP contribution in [-0.4, -0.2) is 74.0 Å². The van der Waals surface area contributed by atoms with Crippen molar-refractivity contribution >= 4 is 29.7 Å². The third kappa shape index (κ3) is 11.3. The van der Waals surface area contributed by atoms with Crippen LogP contribution in [0.2, 0.25) is 0 Å². The first-order chi connectivity index (χ1) is 16.8. The van der Waals surface area contributed by atoms with Crippen molar-refractivity contribution in [2.24, 2.45) is 17.6 Å². The van der Waals surface area contributed by atoms with E-state index in [1.807, 2.05) is 27.7 Å². The highest BCUT2D eigenvalue weighted by atomic mass is 16.4. The summed E-state index contributed by atoms with van der Waals surface area (Å²) in [5, 5.41) is 25.9. The van der Waals surface area contributed by atoms with Crippen molar-refractivity contribution in [1.82, 2.24) is 25.9 Å². The lowest BCUT2D eigenvalue weighted by molar-refractivity contribution is -0.143. The molecule has 8 N–H and O–H groups in total. The fraction of sp³-hybridized carbons (Fsp3) is 0.652. The number of nitrogens with one attached hydrogen (secondary N) is 4. The Kier molecular flexibility index (Phi) is 12.6. The van der Waals surface area contributed by atoms with Gasteiger partial charge in [-0.1, -0.05) is 27.7 Å². The molecule has 0 radical (unpaired) electrons. The summed E-state index contributed by atoms with van der Waals surface area (Å²) in [6, 6.07) is -4.47. The maximum Gasteiger partial charge on any atom is 0.326 e. The van der Waals surface area contributed by atoms with Crippen LogP contribution >= 0.6 is 0 Å². The van der Waals surface area contributed by atoms with Crippen LogP contribution in [0.4, 0.5) is 0 Å². The summed E-state index contributed by atoms with van der Waals surface area (Å²) in [7, 11) is 0. The fourth-order valence-electron chi connectivity index (χ4n) is 3.45. The van der Waals surface area contributed by atoms with E-state index in [0.29, 0.717) is 5.69 Å². The average Bonchev–Trinajstić information content (AvgIpc) is 3.28. The number of aliphatic carboxylic acids is 2. The lowest BCUT2D eigenvalue weighted by Gasteiger charge is -2.26. The Balaban J connectivity index is 3.04. The number of amides is 3. The summed E-state index contributed by atoms with van der Waals surface area (Å²) in [4.78, 5) is 67.8. The minimum atomic E-state index is -1.19. The molecule has 36 heavy (non-hydrogen) atoms. The van der Waals surface area contributed by atoms with Crippen LogP contribution in [0.25, 0.3) is 0 Å². The highest BCUT2D eigenvalue weighted by molar-refractivity contribution is 5.94. The van der Waals surface area contributed by atoms with Gasteiger partial charge in [0.1, 0.15) is 18.1 Å². The van der Waals surface area contributed by atoms with E-state index in [9.17, 15) is 29.1 Å². The molecule has 13 heteroatoms. The average molecular weight is 511 g/mol. The minimum Gasteiger partial charge on any atom is -0.481 e. The van der Waals surface area contributed by atoms with Gasteiger partial charge in [-0.2, -0.15) is 0 Å². The molecule has 13 nitrogen and oxygen atoms in total. The van der Waals surface area contributed by atoms with E-state index in [1.54, 1.807) is 0 Å². The van der Waals surface area contributed by atoms with Gasteiger partial charge in [0.05, 0.1) is 12.4 Å². The van der Waals surface area contributed by atoms with E-state index < -0.39 is 53.8 Å². The summed E-state index contributed by atoms with van der Waals surface area (Å²) in [5.41, 5.74) is 6.30. The maximum atomic E-state index is 13.2. The monoisotopic (exact) mass is 510 g/mol. The lowest BCUT2D eigenvalue weighted by Crippen LogP contribution is -2.58. The summed E-state index contributed by atoms with van der Waals surface area (Å²) >= 11 is 0. The van der Waals surface area contributed by atoms with Crippen LogP contribution in [0.1, 0.15) is 59.1 Å². The van der Waals surface area contributed by atoms with Gasteiger partial charge in [0.25, 0.3) is 0 Å². The second-order valence-corrected chi connectivity index (χ2v) is 9.60. The van der Waals surface area contributed by atoms with Crippen LogP contribution in [0, 0.1) is 11.8 Å². The van der Waals surface area contributed by atoms with Gasteiger partial charge in [-0.15, -0.1) is 0 Å². The number of hydrogen-bond acceptors (Lipinski definition) is 7. The molecule has 3 amide bonds. The normalized spacial score (nSPS) is 14.5. The van der Waals surface area contributed by atoms with Gasteiger partial charge >= 0.3 is 11.9 Å². The number of nitrogens with two attached hydrogens (primary N) is 1. The predicted molar refractivity (Wildman–Crippen MR) is 129 cm³/mol. The second kappa shape index (κ2) is 14.8. The van der Waals surface area contributed by atoms with Crippen molar-refractivity contribution in [1.29, 1.82) is 0 Å². The molecule has 1 heterocycles. The maximum absolute atomic E-state index is 13.2. The van der Waals surface area contributed by atoms with Crippen molar-refractivity contribution in [2.75, 3.05) is 0 Å².